The Morgan fingerprint density at radius 1 is 1.82 bits per heavy atom. The smallest absolute Gasteiger partial charge is 0.289 e. The molecule has 0 bridgehead atoms. The van der Waals surface area contributed by atoms with Crippen LogP contribution in [-0.4, -0.2) is 26.7 Å². The van der Waals surface area contributed by atoms with Gasteiger partial charge in [-0.3, -0.25) is 4.79 Å². The number of aromatic nitrogens is 3. The number of nitrogens with zero attached hydrogens (tertiary/aromatic N) is 3. The number of amides is 1. The number of carbonyl (C=O) groups is 1. The van der Waals surface area contributed by atoms with Gasteiger partial charge in [0.25, 0.3) is 5.91 Å². The second-order valence-electron chi connectivity index (χ2n) is 2.68. The van der Waals surface area contributed by atoms with E-state index in [2.05, 4.69) is 15.5 Å². The first-order valence-corrected chi connectivity index (χ1v) is 3.46. The maximum absolute atomic E-state index is 11.1. The second kappa shape index (κ2) is 2.05. The molecule has 0 aromatic carbocycles. The molecule has 11 heavy (non-hydrogen) atoms. The molecule has 2 heterocycles. The van der Waals surface area contributed by atoms with Crippen LogP contribution >= 0.6 is 0 Å². The van der Waals surface area contributed by atoms with E-state index in [1.54, 1.807) is 10.9 Å². The van der Waals surface area contributed by atoms with E-state index in [1.807, 2.05) is 6.92 Å². The monoisotopic (exact) mass is 152 g/mol. The highest BCUT2D eigenvalue weighted by molar-refractivity contribution is 5.91. The summed E-state index contributed by atoms with van der Waals surface area (Å²) in [4.78, 5) is 11.1. The molecule has 1 amide bonds. The van der Waals surface area contributed by atoms with Crippen molar-refractivity contribution < 1.29 is 4.79 Å². The molecule has 5 heteroatoms. The predicted octanol–water partition coefficient (Wildman–Crippen LogP) is -0.590. The van der Waals surface area contributed by atoms with Gasteiger partial charge < -0.3 is 9.88 Å². The fourth-order valence-electron chi connectivity index (χ4n) is 1.19. The van der Waals surface area contributed by atoms with Crippen LogP contribution in [0.4, 0.5) is 0 Å². The first kappa shape index (κ1) is 6.33. The Morgan fingerprint density at radius 3 is 3.45 bits per heavy atom. The minimum atomic E-state index is -0.138. The summed E-state index contributed by atoms with van der Waals surface area (Å²) < 4.78 is 1.75. The minimum absolute atomic E-state index is 0.138. The van der Waals surface area contributed by atoms with Gasteiger partial charge in [-0.2, -0.15) is 0 Å². The lowest BCUT2D eigenvalue weighted by Crippen LogP contribution is -2.42. The molecule has 0 saturated heterocycles. The van der Waals surface area contributed by atoms with Crippen LogP contribution in [0.2, 0.25) is 0 Å². The number of nitrogens with one attached hydrogen (secondary N) is 1. The standard InChI is InChI=1S/C6H8N4O/c1-4-2-10-3-7-9-5(10)6(11)8-4/h3-4H,2H2,1H3,(H,8,11). The Labute approximate surface area is 63.4 Å². The first-order chi connectivity index (χ1) is 5.27. The van der Waals surface area contributed by atoms with E-state index in [0.29, 0.717) is 5.82 Å². The van der Waals surface area contributed by atoms with E-state index >= 15 is 0 Å². The average molecular weight is 152 g/mol. The van der Waals surface area contributed by atoms with Crippen LogP contribution in [0.5, 0.6) is 0 Å². The van der Waals surface area contributed by atoms with Gasteiger partial charge >= 0.3 is 0 Å². The van der Waals surface area contributed by atoms with Gasteiger partial charge in [-0.25, -0.2) is 0 Å². The van der Waals surface area contributed by atoms with Gasteiger partial charge in [0.15, 0.2) is 0 Å². The Kier molecular flexibility index (Phi) is 1.18. The molecule has 1 aromatic heterocycles. The minimum Gasteiger partial charge on any atom is -0.345 e. The van der Waals surface area contributed by atoms with Gasteiger partial charge in [-0.15, -0.1) is 10.2 Å². The Morgan fingerprint density at radius 2 is 2.64 bits per heavy atom. The van der Waals surface area contributed by atoms with E-state index in [4.69, 9.17) is 0 Å². The SMILES string of the molecule is CC1Cn2cnnc2C(=O)N1. The summed E-state index contributed by atoms with van der Waals surface area (Å²) in [6.07, 6.45) is 1.57. The summed E-state index contributed by atoms with van der Waals surface area (Å²) in [6.45, 7) is 2.70. The lowest BCUT2D eigenvalue weighted by molar-refractivity contribution is 0.0899. The van der Waals surface area contributed by atoms with Crippen LogP contribution in [0.3, 0.4) is 0 Å². The van der Waals surface area contributed by atoms with Crippen LogP contribution in [0.25, 0.3) is 0 Å². The van der Waals surface area contributed by atoms with Crippen LogP contribution in [0.15, 0.2) is 6.33 Å². The molecule has 5 nitrogen and oxygen atoms in total. The molecule has 0 aliphatic carbocycles. The normalized spacial score (nSPS) is 22.6. The number of rotatable bonds is 0. The van der Waals surface area contributed by atoms with E-state index in [-0.39, 0.29) is 11.9 Å². The molecule has 1 aliphatic rings. The van der Waals surface area contributed by atoms with Crippen molar-refractivity contribution in [2.75, 3.05) is 0 Å². The summed E-state index contributed by atoms with van der Waals surface area (Å²) >= 11 is 0. The average Bonchev–Trinajstić information content (AvgIpc) is 2.34. The number of carbonyl (C=O) groups excluding carboxylic acids is 1. The molecule has 0 fully saturated rings. The van der Waals surface area contributed by atoms with E-state index in [9.17, 15) is 4.79 Å². The lowest BCUT2D eigenvalue weighted by Gasteiger charge is -2.19. The van der Waals surface area contributed by atoms with Gasteiger partial charge in [0.05, 0.1) is 0 Å². The second-order valence-corrected chi connectivity index (χ2v) is 2.68. The van der Waals surface area contributed by atoms with Crippen molar-refractivity contribution in [3.8, 4) is 0 Å². The topological polar surface area (TPSA) is 59.8 Å². The molecule has 1 aliphatic heterocycles. The number of hydrogen-bond donors (Lipinski definition) is 1. The zero-order valence-corrected chi connectivity index (χ0v) is 6.11. The van der Waals surface area contributed by atoms with Gasteiger partial charge in [0, 0.05) is 12.6 Å². The van der Waals surface area contributed by atoms with E-state index in [0.717, 1.165) is 6.54 Å². The van der Waals surface area contributed by atoms with Crippen LogP contribution < -0.4 is 5.32 Å². The molecule has 2 rings (SSSR count). The summed E-state index contributed by atoms with van der Waals surface area (Å²) in [6, 6.07) is 0.172. The van der Waals surface area contributed by atoms with Gasteiger partial charge in [0.2, 0.25) is 5.82 Å². The highest BCUT2D eigenvalue weighted by Crippen LogP contribution is 2.03. The Bertz CT molecular complexity index is 293. The van der Waals surface area contributed by atoms with Crippen molar-refractivity contribution in [3.63, 3.8) is 0 Å². The molecule has 0 radical (unpaired) electrons. The molecular formula is C6H8N4O. The third-order valence-corrected chi connectivity index (χ3v) is 1.67. The van der Waals surface area contributed by atoms with Crippen molar-refractivity contribution in [2.24, 2.45) is 0 Å². The Balaban J connectivity index is 2.44. The molecule has 1 unspecified atom stereocenters. The molecule has 0 spiro atoms. The molecule has 1 N–H and O–H groups in total. The molecule has 1 atom stereocenters. The third kappa shape index (κ3) is 0.886. The van der Waals surface area contributed by atoms with Crippen LogP contribution in [-0.2, 0) is 6.54 Å². The van der Waals surface area contributed by atoms with Crippen LogP contribution in [0.1, 0.15) is 17.5 Å². The van der Waals surface area contributed by atoms with E-state index in [1.165, 1.54) is 0 Å². The maximum atomic E-state index is 11.1. The maximum Gasteiger partial charge on any atom is 0.289 e. The largest absolute Gasteiger partial charge is 0.345 e. The van der Waals surface area contributed by atoms with Gasteiger partial charge in [0.1, 0.15) is 6.33 Å². The van der Waals surface area contributed by atoms with Crippen molar-refractivity contribution >= 4 is 5.91 Å². The summed E-state index contributed by atoms with van der Waals surface area (Å²) in [5.41, 5.74) is 0. The van der Waals surface area contributed by atoms with E-state index < -0.39 is 0 Å². The first-order valence-electron chi connectivity index (χ1n) is 3.46. The van der Waals surface area contributed by atoms with Crippen molar-refractivity contribution in [1.29, 1.82) is 0 Å². The van der Waals surface area contributed by atoms with Crippen molar-refractivity contribution in [2.45, 2.75) is 19.5 Å². The molecule has 58 valence electrons. The predicted molar refractivity (Wildman–Crippen MR) is 37.0 cm³/mol. The highest BCUT2D eigenvalue weighted by atomic mass is 16.2. The quantitative estimate of drug-likeness (QED) is 0.540. The van der Waals surface area contributed by atoms with Crippen molar-refractivity contribution in [1.82, 2.24) is 20.1 Å². The summed E-state index contributed by atoms with van der Waals surface area (Å²) in [5.74, 6) is 0.268. The zero-order valence-electron chi connectivity index (χ0n) is 6.11. The summed E-state index contributed by atoms with van der Waals surface area (Å²) in [5, 5.41) is 10.1. The van der Waals surface area contributed by atoms with Crippen molar-refractivity contribution in [3.05, 3.63) is 12.2 Å². The zero-order chi connectivity index (χ0) is 7.84. The number of fused-ring (bicyclic) bond motifs is 1. The van der Waals surface area contributed by atoms with Gasteiger partial charge in [-0.1, -0.05) is 0 Å². The van der Waals surface area contributed by atoms with Gasteiger partial charge in [-0.05, 0) is 6.92 Å². The highest BCUT2D eigenvalue weighted by Gasteiger charge is 2.22. The lowest BCUT2D eigenvalue weighted by atomic mass is 10.2. The fourth-order valence-corrected chi connectivity index (χ4v) is 1.19. The third-order valence-electron chi connectivity index (χ3n) is 1.67. The Hall–Kier alpha value is -1.39. The molecule has 0 saturated carbocycles. The fraction of sp³-hybridized carbons (Fsp3) is 0.500. The number of hydrogen-bond acceptors (Lipinski definition) is 3. The molecular weight excluding hydrogens is 144 g/mol. The van der Waals surface area contributed by atoms with Crippen LogP contribution in [0, 0.1) is 0 Å². The summed E-state index contributed by atoms with van der Waals surface area (Å²) in [7, 11) is 0. The molecule has 1 aromatic rings.